The number of carbonyl (C=O) groups is 1. The van der Waals surface area contributed by atoms with E-state index in [0.29, 0.717) is 12.1 Å². The Morgan fingerprint density at radius 1 is 1.12 bits per heavy atom. The van der Waals surface area contributed by atoms with Gasteiger partial charge in [-0.3, -0.25) is 4.99 Å². The molecule has 3 nitrogen and oxygen atoms in total. The van der Waals surface area contributed by atoms with Crippen LogP contribution in [0.5, 0.6) is 0 Å². The highest BCUT2D eigenvalue weighted by Crippen LogP contribution is 2.36. The number of carbonyl (C=O) groups excluding carboxylic acids is 1. The van der Waals surface area contributed by atoms with Crippen LogP contribution in [0.3, 0.4) is 0 Å². The van der Waals surface area contributed by atoms with Gasteiger partial charge in [-0.05, 0) is 37.6 Å². The van der Waals surface area contributed by atoms with Crippen molar-refractivity contribution in [2.24, 2.45) is 4.99 Å². The zero-order chi connectivity index (χ0) is 19.5. The highest BCUT2D eigenvalue weighted by atomic mass is 79.9. The number of hydrogen-bond donors (Lipinski definition) is 0. The molecule has 0 fully saturated rings. The highest BCUT2D eigenvalue weighted by Gasteiger charge is 2.37. The van der Waals surface area contributed by atoms with Crippen molar-refractivity contribution in [1.29, 1.82) is 0 Å². The van der Waals surface area contributed by atoms with Crippen molar-refractivity contribution < 1.29 is 35.9 Å². The topological polar surface area (TPSA) is 38.7 Å². The van der Waals surface area contributed by atoms with Crippen molar-refractivity contribution in [3.05, 3.63) is 34.9 Å². The van der Waals surface area contributed by atoms with Gasteiger partial charge in [0.25, 0.3) is 0 Å². The summed E-state index contributed by atoms with van der Waals surface area (Å²) in [5, 5.41) is -0.0274. The van der Waals surface area contributed by atoms with Crippen LogP contribution >= 0.6 is 15.9 Å². The van der Waals surface area contributed by atoms with Gasteiger partial charge in [0.05, 0.1) is 17.7 Å². The van der Waals surface area contributed by atoms with Crippen LogP contribution in [0.2, 0.25) is 0 Å². The zero-order valence-corrected chi connectivity index (χ0v) is 14.7. The van der Waals surface area contributed by atoms with E-state index >= 15 is 0 Å². The van der Waals surface area contributed by atoms with Crippen LogP contribution in [0.4, 0.5) is 26.3 Å². The predicted molar refractivity (Wildman–Crippen MR) is 82.9 cm³/mol. The Hall–Kier alpha value is -1.58. The van der Waals surface area contributed by atoms with Gasteiger partial charge in [0.1, 0.15) is 0 Å². The second-order valence-corrected chi connectivity index (χ2v) is 5.79. The summed E-state index contributed by atoms with van der Waals surface area (Å²) in [7, 11) is 0. The van der Waals surface area contributed by atoms with E-state index in [1.54, 1.807) is 6.92 Å². The zero-order valence-electron chi connectivity index (χ0n) is 13.1. The summed E-state index contributed by atoms with van der Waals surface area (Å²) in [6, 6.07) is 1.07. The summed E-state index contributed by atoms with van der Waals surface area (Å²) >= 11 is 3.03. The summed E-state index contributed by atoms with van der Waals surface area (Å²) in [4.78, 5) is 15.7. The van der Waals surface area contributed by atoms with E-state index in [1.807, 2.05) is 0 Å². The number of ether oxygens (including phenoxy) is 1. The summed E-state index contributed by atoms with van der Waals surface area (Å²) in [5.41, 5.74) is -4.83. The lowest BCUT2D eigenvalue weighted by Crippen LogP contribution is -2.37. The Balaban J connectivity index is 3.34. The molecular formula is C15H14BrF6NO2. The molecule has 10 heteroatoms. The number of nitrogens with zero attached hydrogens (tertiary/aromatic N) is 1. The Labute approximate surface area is 148 Å². The standard InChI is InChI=1S/C15H14BrF6NO2/c1-3-25-12(24)13(2,8-16)23-7-9-4-10(14(17,18)19)6-11(5-9)15(20,21)22/h4-7H,3,8H2,1-2H3/b23-7+. The molecule has 0 aromatic heterocycles. The van der Waals surface area contributed by atoms with Crippen LogP contribution < -0.4 is 0 Å². The van der Waals surface area contributed by atoms with Gasteiger partial charge in [0.15, 0.2) is 5.54 Å². The molecule has 1 atom stereocenters. The first kappa shape index (κ1) is 21.5. The minimum atomic E-state index is -4.95. The molecule has 0 saturated heterocycles. The van der Waals surface area contributed by atoms with Gasteiger partial charge in [-0.1, -0.05) is 15.9 Å². The number of benzene rings is 1. The van der Waals surface area contributed by atoms with E-state index in [0.717, 1.165) is 6.21 Å². The van der Waals surface area contributed by atoms with Crippen LogP contribution in [-0.4, -0.2) is 29.7 Å². The van der Waals surface area contributed by atoms with Crippen molar-refractivity contribution >= 4 is 28.1 Å². The lowest BCUT2D eigenvalue weighted by Gasteiger charge is -2.20. The number of aliphatic imine (C=N–C) groups is 1. The molecule has 0 aliphatic rings. The van der Waals surface area contributed by atoms with Gasteiger partial charge in [-0.2, -0.15) is 26.3 Å². The van der Waals surface area contributed by atoms with Crippen molar-refractivity contribution in [3.8, 4) is 0 Å². The van der Waals surface area contributed by atoms with Crippen molar-refractivity contribution in [2.45, 2.75) is 31.7 Å². The van der Waals surface area contributed by atoms with Crippen LogP contribution in [0.25, 0.3) is 0 Å². The fourth-order valence-electron chi connectivity index (χ4n) is 1.70. The van der Waals surface area contributed by atoms with Gasteiger partial charge >= 0.3 is 18.3 Å². The van der Waals surface area contributed by atoms with E-state index in [1.165, 1.54) is 6.92 Å². The Morgan fingerprint density at radius 3 is 1.96 bits per heavy atom. The van der Waals surface area contributed by atoms with Crippen molar-refractivity contribution in [3.63, 3.8) is 0 Å². The maximum absolute atomic E-state index is 12.8. The van der Waals surface area contributed by atoms with Crippen LogP contribution in [0, 0.1) is 0 Å². The van der Waals surface area contributed by atoms with Crippen LogP contribution in [-0.2, 0) is 21.9 Å². The van der Waals surface area contributed by atoms with Gasteiger partial charge in [-0.25, -0.2) is 4.79 Å². The molecule has 0 heterocycles. The number of alkyl halides is 7. The second-order valence-electron chi connectivity index (χ2n) is 5.23. The lowest BCUT2D eigenvalue weighted by atomic mass is 10.0. The normalized spacial score (nSPS) is 15.2. The van der Waals surface area contributed by atoms with E-state index in [4.69, 9.17) is 4.74 Å². The molecule has 1 unspecified atom stereocenters. The average molecular weight is 434 g/mol. The molecule has 0 aliphatic heterocycles. The van der Waals surface area contributed by atoms with Crippen LogP contribution in [0.15, 0.2) is 23.2 Å². The molecule has 25 heavy (non-hydrogen) atoms. The summed E-state index contributed by atoms with van der Waals surface area (Å²) in [5.74, 6) is -0.758. The molecule has 0 spiro atoms. The first-order valence-corrected chi connectivity index (χ1v) is 8.03. The second kappa shape index (κ2) is 7.76. The Bertz CT molecular complexity index is 624. The van der Waals surface area contributed by atoms with E-state index < -0.39 is 40.6 Å². The molecule has 1 aromatic rings. The molecule has 0 N–H and O–H groups in total. The fourth-order valence-corrected chi connectivity index (χ4v) is 2.07. The van der Waals surface area contributed by atoms with Gasteiger partial charge in [-0.15, -0.1) is 0 Å². The van der Waals surface area contributed by atoms with Crippen molar-refractivity contribution in [1.82, 2.24) is 0 Å². The molecule has 0 bridgehead atoms. The minimum absolute atomic E-state index is 0.0202. The largest absolute Gasteiger partial charge is 0.464 e. The quantitative estimate of drug-likeness (QED) is 0.288. The molecule has 1 aromatic carbocycles. The van der Waals surface area contributed by atoms with E-state index in [9.17, 15) is 31.1 Å². The third-order valence-corrected chi connectivity index (χ3v) is 4.18. The third-order valence-electron chi connectivity index (χ3n) is 3.08. The first-order chi connectivity index (χ1) is 11.3. The average Bonchev–Trinajstić information content (AvgIpc) is 2.50. The Morgan fingerprint density at radius 2 is 1.60 bits per heavy atom. The predicted octanol–water partition coefficient (Wildman–Crippen LogP) is 4.86. The molecular weight excluding hydrogens is 420 g/mol. The number of halogens is 7. The van der Waals surface area contributed by atoms with Gasteiger partial charge in [0, 0.05) is 11.5 Å². The molecule has 0 saturated carbocycles. The molecule has 1 rings (SSSR count). The van der Waals surface area contributed by atoms with Crippen LogP contribution in [0.1, 0.15) is 30.5 Å². The number of hydrogen-bond acceptors (Lipinski definition) is 3. The van der Waals surface area contributed by atoms with E-state index in [2.05, 4.69) is 20.9 Å². The smallest absolute Gasteiger partial charge is 0.416 e. The number of esters is 1. The molecule has 140 valence electrons. The maximum atomic E-state index is 12.8. The Kier molecular flexibility index (Phi) is 6.66. The lowest BCUT2D eigenvalue weighted by molar-refractivity contribution is -0.148. The van der Waals surface area contributed by atoms with Gasteiger partial charge in [0.2, 0.25) is 0 Å². The molecule has 0 radical (unpaired) electrons. The fraction of sp³-hybridized carbons (Fsp3) is 0.467. The van der Waals surface area contributed by atoms with Crippen molar-refractivity contribution in [2.75, 3.05) is 11.9 Å². The third kappa shape index (κ3) is 5.72. The summed E-state index contributed by atoms with van der Waals surface area (Å²) in [6.07, 6.45) is -9.11. The minimum Gasteiger partial charge on any atom is -0.464 e. The monoisotopic (exact) mass is 433 g/mol. The first-order valence-electron chi connectivity index (χ1n) is 6.91. The summed E-state index contributed by atoms with van der Waals surface area (Å²) in [6.45, 7) is 2.95. The summed E-state index contributed by atoms with van der Waals surface area (Å²) < 4.78 is 81.7. The number of rotatable bonds is 5. The van der Waals surface area contributed by atoms with E-state index in [-0.39, 0.29) is 18.0 Å². The molecule has 0 aliphatic carbocycles. The van der Waals surface area contributed by atoms with Gasteiger partial charge < -0.3 is 4.74 Å². The molecule has 0 amide bonds. The SMILES string of the molecule is CCOC(=O)C(C)(CBr)/N=C/c1cc(C(F)(F)F)cc(C(F)(F)F)c1. The maximum Gasteiger partial charge on any atom is 0.416 e. The highest BCUT2D eigenvalue weighted by molar-refractivity contribution is 9.09.